The van der Waals surface area contributed by atoms with E-state index in [1.807, 2.05) is 12.1 Å². The summed E-state index contributed by atoms with van der Waals surface area (Å²) in [4.78, 5) is 21.8. The third-order valence-electron chi connectivity index (χ3n) is 6.84. The number of piperazine rings is 1. The number of rotatable bonds is 19. The van der Waals surface area contributed by atoms with E-state index in [0.717, 1.165) is 50.3 Å². The molecule has 1 aromatic rings. The van der Waals surface area contributed by atoms with Crippen molar-refractivity contribution in [2.45, 2.75) is 96.8 Å². The Morgan fingerprint density at radius 3 is 1.91 bits per heavy atom. The van der Waals surface area contributed by atoms with Gasteiger partial charge in [0, 0.05) is 44.3 Å². The quantitative estimate of drug-likeness (QED) is 0.156. The maximum atomic E-state index is 12.4. The minimum Gasteiger partial charge on any atom is -0.354 e. The van der Waals surface area contributed by atoms with E-state index in [1.165, 1.54) is 90.0 Å². The van der Waals surface area contributed by atoms with Crippen molar-refractivity contribution in [1.29, 1.82) is 0 Å². The lowest BCUT2D eigenvalue weighted by molar-refractivity contribution is 0.0952. The molecule has 0 unspecified atom stereocenters. The van der Waals surface area contributed by atoms with Crippen molar-refractivity contribution in [2.75, 3.05) is 49.5 Å². The molecule has 1 aliphatic heterocycles. The zero-order valence-electron chi connectivity index (χ0n) is 21.7. The standard InChI is InChI=1S/C28H49BrN4O/c1-2-20-32-21-23-33(24-22-32)27-17-16-26(25-31-27)28(34)30-19-15-13-11-9-7-5-3-4-6-8-10-12-14-18-29/h16-17,25H,2-15,18-24H2,1H3,(H,30,34). The molecule has 0 aliphatic carbocycles. The molecule has 34 heavy (non-hydrogen) atoms. The van der Waals surface area contributed by atoms with Gasteiger partial charge in [0.05, 0.1) is 5.56 Å². The number of carbonyl (C=O) groups excluding carboxylic acids is 1. The SMILES string of the molecule is CCCN1CCN(c2ccc(C(=O)NCCCCCCCCCCCCCCCBr)cn2)CC1. The minimum absolute atomic E-state index is 0.000917. The molecule has 2 rings (SSSR count). The lowest BCUT2D eigenvalue weighted by atomic mass is 10.0. The summed E-state index contributed by atoms with van der Waals surface area (Å²) in [6.45, 7) is 8.38. The Kier molecular flexibility index (Phi) is 16.3. The Hall–Kier alpha value is -1.14. The third kappa shape index (κ3) is 12.5. The molecular formula is C28H49BrN4O. The Morgan fingerprint density at radius 2 is 1.41 bits per heavy atom. The highest BCUT2D eigenvalue weighted by molar-refractivity contribution is 9.09. The second kappa shape index (κ2) is 19.1. The van der Waals surface area contributed by atoms with Crippen molar-refractivity contribution in [2.24, 2.45) is 0 Å². The van der Waals surface area contributed by atoms with E-state index >= 15 is 0 Å². The van der Waals surface area contributed by atoms with Crippen LogP contribution in [0.3, 0.4) is 0 Å². The van der Waals surface area contributed by atoms with Crippen LogP contribution in [0.1, 0.15) is 107 Å². The molecule has 0 bridgehead atoms. The van der Waals surface area contributed by atoms with Crippen LogP contribution in [0, 0.1) is 0 Å². The summed E-state index contributed by atoms with van der Waals surface area (Å²) in [5, 5.41) is 4.21. The normalized spacial score (nSPS) is 14.5. The van der Waals surface area contributed by atoms with Gasteiger partial charge in [0.25, 0.3) is 5.91 Å². The van der Waals surface area contributed by atoms with Gasteiger partial charge in [0.2, 0.25) is 0 Å². The topological polar surface area (TPSA) is 48.5 Å². The fraction of sp³-hybridized carbons (Fsp3) is 0.786. The number of nitrogens with one attached hydrogen (secondary N) is 1. The summed E-state index contributed by atoms with van der Waals surface area (Å²) >= 11 is 3.50. The summed E-state index contributed by atoms with van der Waals surface area (Å²) in [5.74, 6) is 0.983. The summed E-state index contributed by atoms with van der Waals surface area (Å²) < 4.78 is 0. The van der Waals surface area contributed by atoms with Gasteiger partial charge < -0.3 is 10.2 Å². The van der Waals surface area contributed by atoms with Crippen LogP contribution in [0.25, 0.3) is 0 Å². The van der Waals surface area contributed by atoms with Crippen LogP contribution in [0.15, 0.2) is 18.3 Å². The average molecular weight is 538 g/mol. The van der Waals surface area contributed by atoms with Gasteiger partial charge in [-0.25, -0.2) is 4.98 Å². The lowest BCUT2D eigenvalue weighted by Gasteiger charge is -2.35. The Balaban J connectivity index is 1.44. The highest BCUT2D eigenvalue weighted by Gasteiger charge is 2.17. The van der Waals surface area contributed by atoms with Gasteiger partial charge in [-0.05, 0) is 37.9 Å². The van der Waals surface area contributed by atoms with Crippen molar-refractivity contribution in [1.82, 2.24) is 15.2 Å². The van der Waals surface area contributed by atoms with Crippen LogP contribution in [0.2, 0.25) is 0 Å². The molecule has 5 nitrogen and oxygen atoms in total. The monoisotopic (exact) mass is 536 g/mol. The number of anilines is 1. The predicted molar refractivity (Wildman–Crippen MR) is 149 cm³/mol. The van der Waals surface area contributed by atoms with Gasteiger partial charge >= 0.3 is 0 Å². The molecule has 0 spiro atoms. The number of nitrogens with zero attached hydrogens (tertiary/aromatic N) is 3. The molecule has 194 valence electrons. The number of alkyl halides is 1. The second-order valence-corrected chi connectivity index (χ2v) is 10.6. The first-order valence-corrected chi connectivity index (χ1v) is 15.1. The smallest absolute Gasteiger partial charge is 0.252 e. The molecule has 1 amide bonds. The molecule has 2 heterocycles. The van der Waals surface area contributed by atoms with Gasteiger partial charge in [-0.15, -0.1) is 0 Å². The predicted octanol–water partition coefficient (Wildman–Crippen LogP) is 6.81. The maximum absolute atomic E-state index is 12.4. The number of unbranched alkanes of at least 4 members (excludes halogenated alkanes) is 12. The van der Waals surface area contributed by atoms with Crippen molar-refractivity contribution in [3.05, 3.63) is 23.9 Å². The second-order valence-electron chi connectivity index (χ2n) is 9.77. The largest absolute Gasteiger partial charge is 0.354 e. The van der Waals surface area contributed by atoms with E-state index < -0.39 is 0 Å². The maximum Gasteiger partial charge on any atom is 0.252 e. The zero-order chi connectivity index (χ0) is 24.3. The number of halogens is 1. The number of amides is 1. The Bertz CT molecular complexity index is 632. The van der Waals surface area contributed by atoms with E-state index in [1.54, 1.807) is 6.20 Å². The highest BCUT2D eigenvalue weighted by Crippen LogP contribution is 2.15. The fourth-order valence-corrected chi connectivity index (χ4v) is 5.09. The van der Waals surface area contributed by atoms with Gasteiger partial charge in [-0.2, -0.15) is 0 Å². The molecule has 1 N–H and O–H groups in total. The van der Waals surface area contributed by atoms with E-state index in [2.05, 4.69) is 43.0 Å². The number of pyridine rings is 1. The third-order valence-corrected chi connectivity index (χ3v) is 7.40. The Labute approximate surface area is 217 Å². The first-order chi connectivity index (χ1) is 16.7. The van der Waals surface area contributed by atoms with Crippen LogP contribution >= 0.6 is 15.9 Å². The highest BCUT2D eigenvalue weighted by atomic mass is 79.9. The summed E-state index contributed by atoms with van der Waals surface area (Å²) in [7, 11) is 0. The van der Waals surface area contributed by atoms with E-state index in [9.17, 15) is 4.79 Å². The number of hydrogen-bond donors (Lipinski definition) is 1. The number of aromatic nitrogens is 1. The van der Waals surface area contributed by atoms with Crippen molar-refractivity contribution in [3.63, 3.8) is 0 Å². The first kappa shape index (κ1) is 29.1. The minimum atomic E-state index is -0.000917. The fourth-order valence-electron chi connectivity index (χ4n) is 4.69. The van der Waals surface area contributed by atoms with Crippen LogP contribution in [0.5, 0.6) is 0 Å². The molecule has 0 aromatic carbocycles. The molecule has 1 fully saturated rings. The Morgan fingerprint density at radius 1 is 0.853 bits per heavy atom. The van der Waals surface area contributed by atoms with Gasteiger partial charge in [-0.3, -0.25) is 9.69 Å². The summed E-state index contributed by atoms with van der Waals surface area (Å²) in [5.41, 5.74) is 0.663. The van der Waals surface area contributed by atoms with E-state index in [4.69, 9.17) is 0 Å². The van der Waals surface area contributed by atoms with Gasteiger partial charge in [0.15, 0.2) is 0 Å². The van der Waals surface area contributed by atoms with Crippen molar-refractivity contribution in [3.8, 4) is 0 Å². The van der Waals surface area contributed by atoms with Crippen LogP contribution in [-0.2, 0) is 0 Å². The molecule has 0 radical (unpaired) electrons. The number of hydrogen-bond acceptors (Lipinski definition) is 4. The van der Waals surface area contributed by atoms with Crippen LogP contribution in [0.4, 0.5) is 5.82 Å². The van der Waals surface area contributed by atoms with Gasteiger partial charge in [0.1, 0.15) is 5.82 Å². The molecule has 1 aromatic heterocycles. The molecule has 6 heteroatoms. The van der Waals surface area contributed by atoms with E-state index in [0.29, 0.717) is 5.56 Å². The van der Waals surface area contributed by atoms with Crippen LogP contribution in [-0.4, -0.2) is 60.4 Å². The molecular weight excluding hydrogens is 488 g/mol. The van der Waals surface area contributed by atoms with Gasteiger partial charge in [-0.1, -0.05) is 93.5 Å². The lowest BCUT2D eigenvalue weighted by Crippen LogP contribution is -2.46. The zero-order valence-corrected chi connectivity index (χ0v) is 23.3. The summed E-state index contributed by atoms with van der Waals surface area (Å²) in [6.07, 6.45) is 20.3. The molecule has 0 atom stereocenters. The molecule has 1 aliphatic rings. The summed E-state index contributed by atoms with van der Waals surface area (Å²) in [6, 6.07) is 3.91. The first-order valence-electron chi connectivity index (χ1n) is 14.0. The molecule has 1 saturated heterocycles. The van der Waals surface area contributed by atoms with Crippen molar-refractivity contribution >= 4 is 27.7 Å². The average Bonchev–Trinajstić information content (AvgIpc) is 2.87. The van der Waals surface area contributed by atoms with E-state index in [-0.39, 0.29) is 5.91 Å². The van der Waals surface area contributed by atoms with Crippen molar-refractivity contribution < 1.29 is 4.79 Å². The van der Waals surface area contributed by atoms with Crippen LogP contribution < -0.4 is 10.2 Å². The number of carbonyl (C=O) groups is 1. The molecule has 0 saturated carbocycles.